The van der Waals surface area contributed by atoms with Crippen LogP contribution >= 0.6 is 11.8 Å². The third-order valence-corrected chi connectivity index (χ3v) is 4.19. The van der Waals surface area contributed by atoms with Gasteiger partial charge >= 0.3 is 0 Å². The zero-order valence-electron chi connectivity index (χ0n) is 11.2. The van der Waals surface area contributed by atoms with E-state index in [2.05, 4.69) is 17.5 Å². The van der Waals surface area contributed by atoms with Crippen molar-refractivity contribution < 1.29 is 9.59 Å². The minimum atomic E-state index is -0.368. The van der Waals surface area contributed by atoms with Crippen LogP contribution in [0.5, 0.6) is 0 Å². The number of thioether (sulfide) groups is 1. The first-order valence-corrected chi connectivity index (χ1v) is 7.60. The number of nitrogens with two attached hydrogens (primary N) is 1. The Kier molecular flexibility index (Phi) is 5.24. The topological polar surface area (TPSA) is 72.2 Å². The fraction of sp³-hybridized carbons (Fsp3) is 0.333. The Labute approximate surface area is 122 Å². The van der Waals surface area contributed by atoms with Crippen LogP contribution in [0.4, 0.5) is 5.69 Å². The van der Waals surface area contributed by atoms with Crippen LogP contribution in [0.15, 0.2) is 41.3 Å². The standard InChI is InChI=1S/C15H18N2O2S/c16-14(18)10-20-13-8-4-3-7-12(13)17-15(19)9-11-5-1-2-6-11/h1,3-5,7-8,11H,2,6,9-10H2,(H2,16,18)(H,17,19). The van der Waals surface area contributed by atoms with Gasteiger partial charge in [-0.15, -0.1) is 11.8 Å². The van der Waals surface area contributed by atoms with Crippen LogP contribution in [0.2, 0.25) is 0 Å². The van der Waals surface area contributed by atoms with E-state index in [0.29, 0.717) is 12.3 Å². The van der Waals surface area contributed by atoms with Gasteiger partial charge < -0.3 is 11.1 Å². The van der Waals surface area contributed by atoms with Gasteiger partial charge in [0.05, 0.1) is 11.4 Å². The average molecular weight is 290 g/mol. The molecule has 0 saturated carbocycles. The highest BCUT2D eigenvalue weighted by Crippen LogP contribution is 2.27. The summed E-state index contributed by atoms with van der Waals surface area (Å²) >= 11 is 1.34. The largest absolute Gasteiger partial charge is 0.369 e. The molecule has 0 spiro atoms. The van der Waals surface area contributed by atoms with Crippen molar-refractivity contribution in [2.24, 2.45) is 11.7 Å². The summed E-state index contributed by atoms with van der Waals surface area (Å²) in [6.45, 7) is 0. The molecular weight excluding hydrogens is 272 g/mol. The number of hydrogen-bond acceptors (Lipinski definition) is 3. The summed E-state index contributed by atoms with van der Waals surface area (Å²) in [5.74, 6) is 0.194. The van der Waals surface area contributed by atoms with Gasteiger partial charge in [0.25, 0.3) is 0 Å². The van der Waals surface area contributed by atoms with Crippen LogP contribution < -0.4 is 11.1 Å². The van der Waals surface area contributed by atoms with Gasteiger partial charge in [0.15, 0.2) is 0 Å². The van der Waals surface area contributed by atoms with Gasteiger partial charge in [-0.05, 0) is 30.9 Å². The second-order valence-corrected chi connectivity index (χ2v) is 5.79. The third-order valence-electron chi connectivity index (χ3n) is 3.09. The zero-order chi connectivity index (χ0) is 14.4. The van der Waals surface area contributed by atoms with Crippen LogP contribution in [0.3, 0.4) is 0 Å². The molecular formula is C15H18N2O2S. The molecule has 0 heterocycles. The minimum Gasteiger partial charge on any atom is -0.369 e. The summed E-state index contributed by atoms with van der Waals surface area (Å²) < 4.78 is 0. The van der Waals surface area contributed by atoms with E-state index in [0.717, 1.165) is 23.4 Å². The van der Waals surface area contributed by atoms with Crippen LogP contribution in [0.1, 0.15) is 19.3 Å². The third kappa shape index (κ3) is 4.42. The van der Waals surface area contributed by atoms with Crippen molar-refractivity contribution in [3.63, 3.8) is 0 Å². The fourth-order valence-electron chi connectivity index (χ4n) is 2.15. The number of carbonyl (C=O) groups is 2. The molecule has 1 aliphatic carbocycles. The Morgan fingerprint density at radius 1 is 1.35 bits per heavy atom. The van der Waals surface area contributed by atoms with E-state index in [1.54, 1.807) is 0 Å². The lowest BCUT2D eigenvalue weighted by Crippen LogP contribution is -2.16. The van der Waals surface area contributed by atoms with E-state index >= 15 is 0 Å². The number of carbonyl (C=O) groups excluding carboxylic acids is 2. The van der Waals surface area contributed by atoms with Crippen molar-refractivity contribution >= 4 is 29.3 Å². The number of nitrogens with one attached hydrogen (secondary N) is 1. The van der Waals surface area contributed by atoms with E-state index < -0.39 is 0 Å². The molecule has 1 aliphatic rings. The molecule has 1 atom stereocenters. The molecule has 0 radical (unpaired) electrons. The molecule has 1 aromatic rings. The van der Waals surface area contributed by atoms with E-state index in [4.69, 9.17) is 5.73 Å². The van der Waals surface area contributed by atoms with Gasteiger partial charge in [-0.2, -0.15) is 0 Å². The van der Waals surface area contributed by atoms with Gasteiger partial charge in [-0.3, -0.25) is 9.59 Å². The van der Waals surface area contributed by atoms with Gasteiger partial charge in [-0.1, -0.05) is 24.3 Å². The second-order valence-electron chi connectivity index (χ2n) is 4.77. The van der Waals surface area contributed by atoms with Gasteiger partial charge in [0, 0.05) is 11.3 Å². The van der Waals surface area contributed by atoms with Crippen LogP contribution in [-0.4, -0.2) is 17.6 Å². The van der Waals surface area contributed by atoms with E-state index in [1.807, 2.05) is 24.3 Å². The molecule has 3 N–H and O–H groups in total. The van der Waals surface area contributed by atoms with Crippen molar-refractivity contribution in [1.82, 2.24) is 0 Å². The zero-order valence-corrected chi connectivity index (χ0v) is 12.0. The number of para-hydroxylation sites is 1. The predicted octanol–water partition coefficient (Wildman–Crippen LogP) is 2.56. The Balaban J connectivity index is 1.95. The number of amides is 2. The highest BCUT2D eigenvalue weighted by atomic mass is 32.2. The number of hydrogen-bond donors (Lipinski definition) is 2. The molecule has 2 amide bonds. The molecule has 0 saturated heterocycles. The lowest BCUT2D eigenvalue weighted by atomic mass is 10.1. The van der Waals surface area contributed by atoms with Crippen molar-refractivity contribution in [2.45, 2.75) is 24.2 Å². The van der Waals surface area contributed by atoms with Gasteiger partial charge in [0.2, 0.25) is 11.8 Å². The second kappa shape index (κ2) is 7.14. The first-order chi connectivity index (χ1) is 9.65. The molecule has 0 bridgehead atoms. The summed E-state index contributed by atoms with van der Waals surface area (Å²) in [5.41, 5.74) is 5.89. The predicted molar refractivity (Wildman–Crippen MR) is 81.5 cm³/mol. The van der Waals surface area contributed by atoms with Crippen molar-refractivity contribution in [1.29, 1.82) is 0 Å². The maximum Gasteiger partial charge on any atom is 0.227 e. The number of rotatable bonds is 6. The normalized spacial score (nSPS) is 17.1. The minimum absolute atomic E-state index is 0.00803. The Morgan fingerprint density at radius 3 is 2.85 bits per heavy atom. The van der Waals surface area contributed by atoms with E-state index in [9.17, 15) is 9.59 Å². The molecule has 0 aromatic heterocycles. The Hall–Kier alpha value is -1.75. The highest BCUT2D eigenvalue weighted by molar-refractivity contribution is 8.00. The lowest BCUT2D eigenvalue weighted by molar-refractivity contribution is -0.117. The molecule has 5 heteroatoms. The van der Waals surface area contributed by atoms with E-state index in [-0.39, 0.29) is 17.6 Å². The Morgan fingerprint density at radius 2 is 2.15 bits per heavy atom. The van der Waals surface area contributed by atoms with Crippen molar-refractivity contribution in [3.05, 3.63) is 36.4 Å². The van der Waals surface area contributed by atoms with Gasteiger partial charge in [0.1, 0.15) is 0 Å². The highest BCUT2D eigenvalue weighted by Gasteiger charge is 2.15. The van der Waals surface area contributed by atoms with Crippen LogP contribution in [0, 0.1) is 5.92 Å². The summed E-state index contributed by atoms with van der Waals surface area (Å²) in [6, 6.07) is 7.45. The number of anilines is 1. The van der Waals surface area contributed by atoms with Crippen LogP contribution in [0.25, 0.3) is 0 Å². The first kappa shape index (κ1) is 14.7. The number of benzene rings is 1. The number of allylic oxidation sites excluding steroid dienone is 2. The molecule has 0 fully saturated rings. The summed E-state index contributed by atoms with van der Waals surface area (Å²) in [5, 5.41) is 2.92. The summed E-state index contributed by atoms with van der Waals surface area (Å²) in [4.78, 5) is 23.7. The maximum atomic E-state index is 12.0. The summed E-state index contributed by atoms with van der Waals surface area (Å²) in [6.07, 6.45) is 6.84. The first-order valence-electron chi connectivity index (χ1n) is 6.62. The molecule has 0 aliphatic heterocycles. The monoisotopic (exact) mass is 290 g/mol. The van der Waals surface area contributed by atoms with Crippen molar-refractivity contribution in [2.75, 3.05) is 11.1 Å². The lowest BCUT2D eigenvalue weighted by Gasteiger charge is -2.12. The quantitative estimate of drug-likeness (QED) is 0.624. The van der Waals surface area contributed by atoms with Crippen molar-refractivity contribution in [3.8, 4) is 0 Å². The maximum absolute atomic E-state index is 12.0. The van der Waals surface area contributed by atoms with E-state index in [1.165, 1.54) is 11.8 Å². The molecule has 106 valence electrons. The smallest absolute Gasteiger partial charge is 0.227 e. The molecule has 2 rings (SSSR count). The Bertz CT molecular complexity index is 528. The molecule has 1 unspecified atom stereocenters. The molecule has 4 nitrogen and oxygen atoms in total. The molecule has 20 heavy (non-hydrogen) atoms. The number of primary amides is 1. The SMILES string of the molecule is NC(=O)CSc1ccccc1NC(=O)CC1C=CCC1. The summed E-state index contributed by atoms with van der Waals surface area (Å²) in [7, 11) is 0. The van der Waals surface area contributed by atoms with Crippen LogP contribution in [-0.2, 0) is 9.59 Å². The molecule has 1 aromatic carbocycles. The van der Waals surface area contributed by atoms with Gasteiger partial charge in [-0.25, -0.2) is 0 Å². The fourth-order valence-corrected chi connectivity index (χ4v) is 2.90. The average Bonchev–Trinajstić information content (AvgIpc) is 2.90.